The molecule has 0 radical (unpaired) electrons. The highest BCUT2D eigenvalue weighted by atomic mass is 35.5. The Morgan fingerprint density at radius 1 is 1.43 bits per heavy atom. The molecule has 3 rings (SSSR count). The average Bonchev–Trinajstić information content (AvgIpc) is 3.01. The van der Waals surface area contributed by atoms with Gasteiger partial charge in [-0.2, -0.15) is 0 Å². The second kappa shape index (κ2) is 6.98. The molecule has 0 bridgehead atoms. The van der Waals surface area contributed by atoms with E-state index in [-0.39, 0.29) is 6.04 Å². The summed E-state index contributed by atoms with van der Waals surface area (Å²) in [5.41, 5.74) is 14.0. The van der Waals surface area contributed by atoms with Crippen LogP contribution in [0.15, 0.2) is 36.5 Å². The van der Waals surface area contributed by atoms with Gasteiger partial charge in [0.1, 0.15) is 12.4 Å². The van der Waals surface area contributed by atoms with E-state index in [1.807, 2.05) is 36.4 Å². The first kappa shape index (κ1) is 15.8. The van der Waals surface area contributed by atoms with Crippen LogP contribution in [0.3, 0.4) is 0 Å². The fraction of sp³-hybridized carbons (Fsp3) is 0.294. The number of halogens is 1. The van der Waals surface area contributed by atoms with Crippen molar-refractivity contribution >= 4 is 23.5 Å². The van der Waals surface area contributed by atoms with Gasteiger partial charge in [0.05, 0.1) is 18.4 Å². The summed E-state index contributed by atoms with van der Waals surface area (Å²) in [7, 11) is 0. The number of H-pyrrole nitrogens is 1. The van der Waals surface area contributed by atoms with Crippen LogP contribution in [0.1, 0.15) is 18.7 Å². The Labute approximate surface area is 140 Å². The van der Waals surface area contributed by atoms with Gasteiger partial charge >= 0.3 is 0 Å². The minimum Gasteiger partial charge on any atom is -0.338 e. The van der Waals surface area contributed by atoms with Crippen LogP contribution in [0.25, 0.3) is 17.3 Å². The van der Waals surface area contributed by atoms with Crippen LogP contribution in [0, 0.1) is 0 Å². The third-order valence-electron chi connectivity index (χ3n) is 3.97. The van der Waals surface area contributed by atoms with Crippen LogP contribution in [-0.2, 0) is 0 Å². The first-order valence-electron chi connectivity index (χ1n) is 7.74. The van der Waals surface area contributed by atoms with E-state index >= 15 is 0 Å². The van der Waals surface area contributed by atoms with Crippen molar-refractivity contribution in [2.75, 3.05) is 13.1 Å². The normalized spacial score (nSPS) is 20.9. The zero-order chi connectivity index (χ0) is 16.2. The van der Waals surface area contributed by atoms with E-state index in [0.717, 1.165) is 48.8 Å². The molecule has 5 nitrogen and oxygen atoms in total. The predicted molar refractivity (Wildman–Crippen MR) is 94.5 cm³/mol. The number of piperidine rings is 1. The second-order valence-electron chi connectivity index (χ2n) is 5.80. The number of imidazole rings is 1. The molecule has 0 spiro atoms. The number of benzene rings is 1. The number of aromatic amines is 1. The predicted octanol–water partition coefficient (Wildman–Crippen LogP) is 2.23. The fourth-order valence-electron chi connectivity index (χ4n) is 2.74. The Morgan fingerprint density at radius 3 is 3.09 bits per heavy atom. The smallest absolute Gasteiger partial charge is 0.267 e. The van der Waals surface area contributed by atoms with Crippen molar-refractivity contribution in [1.82, 2.24) is 9.97 Å². The third-order valence-corrected chi connectivity index (χ3v) is 4.20. The van der Waals surface area contributed by atoms with E-state index in [0.29, 0.717) is 5.02 Å². The molecule has 5 N–H and O–H groups in total. The molecule has 120 valence electrons. The molecule has 1 unspecified atom stereocenters. The standard InChI is InChI=1S/C17H20ClN5/c18-13-4-1-3-12(9-13)15-10-21-17(22-15)7-6-16(20)23-8-2-5-14(19)11-23/h1,3-4,6-7,9-10,14H,2,5,8,11,19H2,(H2,20,21,22)/p+1. The summed E-state index contributed by atoms with van der Waals surface area (Å²) in [6, 6.07) is 7.86. The van der Waals surface area contributed by atoms with Crippen molar-refractivity contribution in [2.24, 2.45) is 11.5 Å². The summed E-state index contributed by atoms with van der Waals surface area (Å²) in [6.07, 6.45) is 7.69. The lowest BCUT2D eigenvalue weighted by molar-refractivity contribution is -0.539. The van der Waals surface area contributed by atoms with Crippen molar-refractivity contribution < 1.29 is 4.58 Å². The number of aromatic nitrogens is 2. The molecule has 1 aliphatic rings. The zero-order valence-electron chi connectivity index (χ0n) is 12.9. The summed E-state index contributed by atoms with van der Waals surface area (Å²) >= 11 is 6.02. The number of amidine groups is 1. The van der Waals surface area contributed by atoms with Gasteiger partial charge in [-0.3, -0.25) is 10.3 Å². The summed E-state index contributed by atoms with van der Waals surface area (Å²) in [6.45, 7) is 1.76. The molecule has 2 aromatic rings. The van der Waals surface area contributed by atoms with Crippen LogP contribution in [0.5, 0.6) is 0 Å². The largest absolute Gasteiger partial charge is 0.338 e. The quantitative estimate of drug-likeness (QED) is 0.596. The van der Waals surface area contributed by atoms with Crippen LogP contribution in [0.2, 0.25) is 5.02 Å². The van der Waals surface area contributed by atoms with Crippen LogP contribution in [0.4, 0.5) is 0 Å². The molecule has 0 amide bonds. The first-order valence-corrected chi connectivity index (χ1v) is 8.11. The van der Waals surface area contributed by atoms with Gasteiger partial charge in [0.15, 0.2) is 0 Å². The molecule has 1 atom stereocenters. The van der Waals surface area contributed by atoms with Gasteiger partial charge in [-0.05, 0) is 31.1 Å². The van der Waals surface area contributed by atoms with Crippen molar-refractivity contribution in [3.63, 3.8) is 0 Å². The van der Waals surface area contributed by atoms with E-state index < -0.39 is 0 Å². The lowest BCUT2D eigenvalue weighted by Crippen LogP contribution is -2.41. The van der Waals surface area contributed by atoms with Gasteiger partial charge in [-0.1, -0.05) is 23.7 Å². The summed E-state index contributed by atoms with van der Waals surface area (Å²) in [5.74, 6) is 1.48. The Balaban J connectivity index is 1.75. The number of hydrogen-bond acceptors (Lipinski definition) is 2. The number of nitrogens with two attached hydrogens (primary N) is 2. The molecule has 1 aromatic heterocycles. The van der Waals surface area contributed by atoms with Crippen LogP contribution < -0.4 is 11.5 Å². The van der Waals surface area contributed by atoms with E-state index in [2.05, 4.69) is 14.5 Å². The maximum Gasteiger partial charge on any atom is 0.267 e. The summed E-state index contributed by atoms with van der Waals surface area (Å²) in [4.78, 5) is 7.61. The molecular weight excluding hydrogens is 310 g/mol. The Bertz CT molecular complexity index is 747. The molecule has 23 heavy (non-hydrogen) atoms. The number of rotatable bonds is 3. The van der Waals surface area contributed by atoms with Crippen LogP contribution >= 0.6 is 11.6 Å². The number of nitrogens with one attached hydrogen (secondary N) is 1. The molecule has 1 aliphatic heterocycles. The van der Waals surface area contributed by atoms with Gasteiger partial charge in [0.2, 0.25) is 0 Å². The topological polar surface area (TPSA) is 83.7 Å². The molecule has 1 aromatic carbocycles. The van der Waals surface area contributed by atoms with Gasteiger partial charge in [0, 0.05) is 22.7 Å². The SMILES string of the molecule is NC(/C=C\c1ncc(-c2cccc(Cl)c2)[nH]1)=[N+]1CCCC(N)C1. The van der Waals surface area contributed by atoms with Crippen molar-refractivity contribution in [1.29, 1.82) is 0 Å². The van der Waals surface area contributed by atoms with Gasteiger partial charge < -0.3 is 10.7 Å². The zero-order valence-corrected chi connectivity index (χ0v) is 13.6. The average molecular weight is 331 g/mol. The first-order chi connectivity index (χ1) is 11.1. The highest BCUT2D eigenvalue weighted by Crippen LogP contribution is 2.21. The second-order valence-corrected chi connectivity index (χ2v) is 6.24. The van der Waals surface area contributed by atoms with Crippen molar-refractivity contribution in [3.8, 4) is 11.3 Å². The summed E-state index contributed by atoms with van der Waals surface area (Å²) < 4.78 is 2.12. The Hall–Kier alpha value is -2.11. The van der Waals surface area contributed by atoms with E-state index in [9.17, 15) is 0 Å². The lowest BCUT2D eigenvalue weighted by atomic mass is 10.1. The third kappa shape index (κ3) is 4.00. The van der Waals surface area contributed by atoms with Gasteiger partial charge in [-0.25, -0.2) is 4.98 Å². The molecular formula is C17H21ClN5+. The van der Waals surface area contributed by atoms with Gasteiger partial charge in [-0.15, -0.1) is 0 Å². The highest BCUT2D eigenvalue weighted by molar-refractivity contribution is 6.30. The van der Waals surface area contributed by atoms with E-state index in [1.54, 1.807) is 6.20 Å². The molecule has 1 saturated heterocycles. The molecule has 0 aliphatic carbocycles. The Morgan fingerprint density at radius 2 is 2.30 bits per heavy atom. The summed E-state index contributed by atoms with van der Waals surface area (Å²) in [5, 5.41) is 0.702. The maximum absolute atomic E-state index is 6.14. The highest BCUT2D eigenvalue weighted by Gasteiger charge is 2.17. The molecule has 0 saturated carbocycles. The van der Waals surface area contributed by atoms with Crippen molar-refractivity contribution in [2.45, 2.75) is 18.9 Å². The molecule has 1 fully saturated rings. The van der Waals surface area contributed by atoms with E-state index in [1.165, 1.54) is 0 Å². The Kier molecular flexibility index (Phi) is 4.79. The number of hydrogen-bond donors (Lipinski definition) is 3. The molecule has 6 heteroatoms. The monoisotopic (exact) mass is 330 g/mol. The minimum absolute atomic E-state index is 0.203. The maximum atomic E-state index is 6.14. The fourth-order valence-corrected chi connectivity index (χ4v) is 2.93. The van der Waals surface area contributed by atoms with E-state index in [4.69, 9.17) is 23.1 Å². The van der Waals surface area contributed by atoms with Crippen LogP contribution in [-0.4, -0.2) is 39.5 Å². The number of nitrogens with zero attached hydrogens (tertiary/aromatic N) is 2. The van der Waals surface area contributed by atoms with Gasteiger partial charge in [0.25, 0.3) is 5.84 Å². The van der Waals surface area contributed by atoms with Crippen molar-refractivity contribution in [3.05, 3.63) is 47.4 Å². The lowest BCUT2D eigenvalue weighted by Gasteiger charge is -2.19. The molecule has 2 heterocycles. The minimum atomic E-state index is 0.203.